The molecule has 8 nitrogen and oxygen atoms in total. The topological polar surface area (TPSA) is 95.9 Å². The number of aliphatic hydroxyl groups excluding tert-OH is 1. The maximum Gasteiger partial charge on any atom is 0.330 e. The van der Waals surface area contributed by atoms with Crippen molar-refractivity contribution in [2.24, 2.45) is 5.92 Å². The predicted octanol–water partition coefficient (Wildman–Crippen LogP) is 3.61. The van der Waals surface area contributed by atoms with Gasteiger partial charge in [-0.25, -0.2) is 14.8 Å². The highest BCUT2D eigenvalue weighted by atomic mass is 16.5. The minimum absolute atomic E-state index is 0.0106. The van der Waals surface area contributed by atoms with E-state index in [4.69, 9.17) is 4.74 Å². The zero-order valence-corrected chi connectivity index (χ0v) is 22.9. The van der Waals surface area contributed by atoms with E-state index in [1.807, 2.05) is 69.4 Å². The van der Waals surface area contributed by atoms with Crippen molar-refractivity contribution in [2.45, 2.75) is 37.7 Å². The number of rotatable bonds is 8. The van der Waals surface area contributed by atoms with Gasteiger partial charge < -0.3 is 14.7 Å². The Morgan fingerprint density at radius 3 is 2.31 bits per heavy atom. The second kappa shape index (κ2) is 12.7. The second-order valence-electron chi connectivity index (χ2n) is 10.1. The lowest BCUT2D eigenvalue weighted by Crippen LogP contribution is -2.41. The van der Waals surface area contributed by atoms with Gasteiger partial charge in [0.15, 0.2) is 0 Å². The summed E-state index contributed by atoms with van der Waals surface area (Å²) in [5.41, 5.74) is 3.76. The maximum atomic E-state index is 13.9. The first-order valence-electron chi connectivity index (χ1n) is 13.2. The number of ether oxygens (including phenoxy) is 1. The van der Waals surface area contributed by atoms with Crippen LogP contribution in [0.2, 0.25) is 0 Å². The largest absolute Gasteiger partial charge is 0.466 e. The summed E-state index contributed by atoms with van der Waals surface area (Å²) in [6.07, 6.45) is 8.64. The summed E-state index contributed by atoms with van der Waals surface area (Å²) < 4.78 is 4.70. The first-order chi connectivity index (χ1) is 18.8. The van der Waals surface area contributed by atoms with E-state index >= 15 is 0 Å². The van der Waals surface area contributed by atoms with Gasteiger partial charge in [-0.3, -0.25) is 9.69 Å². The average Bonchev–Trinajstić information content (AvgIpc) is 2.96. The molecule has 3 aromatic rings. The summed E-state index contributed by atoms with van der Waals surface area (Å²) in [4.78, 5) is 38.3. The zero-order chi connectivity index (χ0) is 27.9. The van der Waals surface area contributed by atoms with Gasteiger partial charge in [0.1, 0.15) is 19.5 Å². The molecule has 1 aliphatic carbocycles. The molecule has 1 atom stereocenters. The molecule has 9 heteroatoms. The van der Waals surface area contributed by atoms with Gasteiger partial charge in [-0.1, -0.05) is 24.3 Å². The first kappa shape index (κ1) is 28.0. The summed E-state index contributed by atoms with van der Waals surface area (Å²) in [6.45, 7) is 0. The van der Waals surface area contributed by atoms with Crippen molar-refractivity contribution < 1.29 is 19.4 Å². The van der Waals surface area contributed by atoms with Crippen LogP contribution in [0.15, 0.2) is 67.0 Å². The number of methoxy groups -OCH3 is 1. The molecule has 2 heterocycles. The van der Waals surface area contributed by atoms with Gasteiger partial charge in [0.2, 0.25) is 5.91 Å². The monoisotopic (exact) mass is 526 g/mol. The van der Waals surface area contributed by atoms with Gasteiger partial charge in [0, 0.05) is 50.0 Å². The Morgan fingerprint density at radius 2 is 1.69 bits per heavy atom. The number of pyridine rings is 2. The molecule has 0 radical (unpaired) electrons. The average molecular weight is 526 g/mol. The first-order valence-corrected chi connectivity index (χ1v) is 13.2. The lowest BCUT2D eigenvalue weighted by molar-refractivity contribution is -0.134. The number of hydrogen-bond donors (Lipinski definition) is 1. The molecule has 4 rings (SSSR count). The number of carbonyl (C=O) groups excluding carboxylic acids is 2. The van der Waals surface area contributed by atoms with E-state index in [2.05, 4.69) is 9.97 Å². The second-order valence-corrected chi connectivity index (χ2v) is 10.1. The number of hydrogen-bond acceptors (Lipinski definition) is 7. The molecular formula is C30H35BN4O4. The van der Waals surface area contributed by atoms with Crippen molar-refractivity contribution in [3.63, 3.8) is 0 Å². The molecule has 0 saturated heterocycles. The van der Waals surface area contributed by atoms with Crippen molar-refractivity contribution >= 4 is 37.4 Å². The SMILES string of the molecule is BC(c1ccc(-c2ccc(N(C)C)nc2)cc1)N(C(=O)C1CCC(O)CC1)c1cc(/C=C/C(=O)OC)ccn1. The molecule has 0 bridgehead atoms. The van der Waals surface area contributed by atoms with Crippen LogP contribution < -0.4 is 9.80 Å². The number of aromatic nitrogens is 2. The summed E-state index contributed by atoms with van der Waals surface area (Å²) in [6, 6.07) is 15.8. The van der Waals surface area contributed by atoms with Crippen LogP contribution in [0.4, 0.5) is 11.6 Å². The molecule has 1 amide bonds. The highest BCUT2D eigenvalue weighted by molar-refractivity contribution is 6.17. The fourth-order valence-corrected chi connectivity index (χ4v) is 4.85. The normalized spacial score (nSPS) is 17.9. The van der Waals surface area contributed by atoms with Crippen LogP contribution in [0.5, 0.6) is 0 Å². The smallest absolute Gasteiger partial charge is 0.330 e. The molecule has 202 valence electrons. The van der Waals surface area contributed by atoms with Crippen LogP contribution >= 0.6 is 0 Å². The van der Waals surface area contributed by atoms with Crippen LogP contribution in [0.25, 0.3) is 17.2 Å². The van der Waals surface area contributed by atoms with Crippen LogP contribution in [0.3, 0.4) is 0 Å². The minimum atomic E-state index is -0.456. The molecule has 1 aromatic carbocycles. The Kier molecular flexibility index (Phi) is 9.14. The highest BCUT2D eigenvalue weighted by Gasteiger charge is 2.33. The third kappa shape index (κ3) is 6.92. The number of aliphatic hydroxyl groups is 1. The molecule has 0 aliphatic heterocycles. The molecule has 39 heavy (non-hydrogen) atoms. The fraction of sp³-hybridized carbons (Fsp3) is 0.333. The Balaban J connectivity index is 1.64. The number of nitrogens with zero attached hydrogens (tertiary/aromatic N) is 4. The zero-order valence-electron chi connectivity index (χ0n) is 22.9. The number of amides is 1. The quantitative estimate of drug-likeness (QED) is 0.272. The van der Waals surface area contributed by atoms with Crippen molar-refractivity contribution in [3.8, 4) is 11.1 Å². The van der Waals surface area contributed by atoms with Crippen molar-refractivity contribution in [2.75, 3.05) is 31.0 Å². The molecule has 1 fully saturated rings. The van der Waals surface area contributed by atoms with E-state index in [0.29, 0.717) is 31.5 Å². The number of esters is 1. The van der Waals surface area contributed by atoms with Gasteiger partial charge in [0.05, 0.1) is 13.2 Å². The molecule has 1 aliphatic rings. The summed E-state index contributed by atoms with van der Waals surface area (Å²) >= 11 is 0. The van der Waals surface area contributed by atoms with Gasteiger partial charge in [-0.2, -0.15) is 0 Å². The van der Waals surface area contributed by atoms with Crippen molar-refractivity contribution in [1.29, 1.82) is 0 Å². The van der Waals surface area contributed by atoms with Crippen molar-refractivity contribution in [3.05, 3.63) is 78.1 Å². The molecule has 2 aromatic heterocycles. The van der Waals surface area contributed by atoms with E-state index in [1.54, 1.807) is 29.3 Å². The van der Waals surface area contributed by atoms with Crippen LogP contribution in [-0.4, -0.2) is 62.1 Å². The molecule has 1 saturated carbocycles. The van der Waals surface area contributed by atoms with Crippen LogP contribution in [0.1, 0.15) is 42.8 Å². The number of carbonyl (C=O) groups is 2. The van der Waals surface area contributed by atoms with E-state index in [-0.39, 0.29) is 23.9 Å². The van der Waals surface area contributed by atoms with E-state index in [1.165, 1.54) is 13.2 Å². The van der Waals surface area contributed by atoms with E-state index in [0.717, 1.165) is 28.1 Å². The Hall–Kier alpha value is -3.98. The molecular weight excluding hydrogens is 491 g/mol. The predicted molar refractivity (Wildman–Crippen MR) is 156 cm³/mol. The third-order valence-corrected chi connectivity index (χ3v) is 7.23. The summed E-state index contributed by atoms with van der Waals surface area (Å²) in [7, 11) is 7.24. The fourth-order valence-electron chi connectivity index (χ4n) is 4.85. The van der Waals surface area contributed by atoms with Gasteiger partial charge >= 0.3 is 5.97 Å². The minimum Gasteiger partial charge on any atom is -0.466 e. The third-order valence-electron chi connectivity index (χ3n) is 7.23. The van der Waals surface area contributed by atoms with E-state index < -0.39 is 5.97 Å². The lowest BCUT2D eigenvalue weighted by atomic mass is 9.82. The van der Waals surface area contributed by atoms with Crippen LogP contribution in [-0.2, 0) is 14.3 Å². The Labute approximate surface area is 230 Å². The molecule has 0 spiro atoms. The highest BCUT2D eigenvalue weighted by Crippen LogP contribution is 2.33. The van der Waals surface area contributed by atoms with Crippen molar-refractivity contribution in [1.82, 2.24) is 9.97 Å². The number of anilines is 2. The maximum absolute atomic E-state index is 13.9. The molecule has 1 unspecified atom stereocenters. The van der Waals surface area contributed by atoms with E-state index in [9.17, 15) is 14.7 Å². The summed E-state index contributed by atoms with van der Waals surface area (Å²) in [5.74, 6) is 0.459. The van der Waals surface area contributed by atoms with Gasteiger partial charge in [0.25, 0.3) is 0 Å². The Bertz CT molecular complexity index is 1300. The Morgan fingerprint density at radius 1 is 1.00 bits per heavy atom. The van der Waals surface area contributed by atoms with Gasteiger partial charge in [-0.15, -0.1) is 0 Å². The standard InChI is InChI=1S/C30H35BN4O4/c1-34(2)26-14-11-24(19-33-26)21-5-7-22(8-6-21)29(31)35(30(38)23-9-12-25(36)13-10-23)27-18-20(16-17-32-27)4-15-28(37)39-3/h4-8,11,14-19,23,25,29,36H,9-10,12-13,31H2,1-3H3/b15-4+. The molecule has 1 N–H and O–H groups in total. The van der Waals surface area contributed by atoms with Gasteiger partial charge in [-0.05, 0) is 72.7 Å². The summed E-state index contributed by atoms with van der Waals surface area (Å²) in [5, 5.41) is 9.98. The lowest BCUT2D eigenvalue weighted by Gasteiger charge is -2.34. The number of benzene rings is 1. The van der Waals surface area contributed by atoms with Crippen LogP contribution in [0, 0.1) is 5.92 Å².